The molecule has 3 heterocycles. The molecule has 0 radical (unpaired) electrons. The van der Waals surface area contributed by atoms with Crippen molar-refractivity contribution in [2.24, 2.45) is 0 Å². The molecule has 0 spiro atoms. The third-order valence-electron chi connectivity index (χ3n) is 5.75. The highest BCUT2D eigenvalue weighted by molar-refractivity contribution is 6.07. The number of pyridine rings is 1. The summed E-state index contributed by atoms with van der Waals surface area (Å²) < 4.78 is 13.7. The van der Waals surface area contributed by atoms with Crippen LogP contribution in [-0.4, -0.2) is 67.1 Å². The molecule has 33 heavy (non-hydrogen) atoms. The van der Waals surface area contributed by atoms with Gasteiger partial charge in [0.1, 0.15) is 29.8 Å². The summed E-state index contributed by atoms with van der Waals surface area (Å²) in [4.78, 5) is 21.8. The Kier molecular flexibility index (Phi) is 6.31. The molecule has 1 saturated heterocycles. The van der Waals surface area contributed by atoms with Gasteiger partial charge in [-0.15, -0.1) is 0 Å². The molecule has 178 valence electrons. The predicted octanol–water partition coefficient (Wildman–Crippen LogP) is 3.00. The maximum atomic E-state index is 11.1. The molecule has 2 aromatic heterocycles. The molecule has 10 nitrogen and oxygen atoms in total. The fraction of sp³-hybridized carbons (Fsp3) is 0.522. The van der Waals surface area contributed by atoms with Gasteiger partial charge in [-0.05, 0) is 32.9 Å². The van der Waals surface area contributed by atoms with Gasteiger partial charge in [-0.1, -0.05) is 0 Å². The summed E-state index contributed by atoms with van der Waals surface area (Å²) in [6.07, 6.45) is 0.322. The van der Waals surface area contributed by atoms with Crippen LogP contribution in [0.3, 0.4) is 0 Å². The van der Waals surface area contributed by atoms with E-state index in [1.165, 1.54) is 4.90 Å². The average molecular weight is 458 g/mol. The van der Waals surface area contributed by atoms with Crippen LogP contribution in [0.4, 0.5) is 10.6 Å². The molecule has 0 unspecified atom stereocenters. The van der Waals surface area contributed by atoms with Crippen molar-refractivity contribution in [3.8, 4) is 5.75 Å². The van der Waals surface area contributed by atoms with Crippen molar-refractivity contribution in [1.29, 1.82) is 0 Å². The zero-order valence-corrected chi connectivity index (χ0v) is 19.2. The highest BCUT2D eigenvalue weighted by atomic mass is 16.5. The van der Waals surface area contributed by atoms with E-state index < -0.39 is 11.7 Å². The number of aliphatic hydroxyl groups is 1. The number of likely N-dealkylation sites (tertiary alicyclic amines) is 1. The van der Waals surface area contributed by atoms with Gasteiger partial charge in [0.05, 0.1) is 23.2 Å². The number of anilines is 1. The second-order valence-electron chi connectivity index (χ2n) is 9.02. The highest BCUT2D eigenvalue weighted by Crippen LogP contribution is 2.32. The Balaban J connectivity index is 1.70. The number of nitrogen functional groups attached to an aromatic ring is 1. The number of amides is 1. The maximum absolute atomic E-state index is 11.1. The van der Waals surface area contributed by atoms with Crippen molar-refractivity contribution in [2.75, 3.05) is 25.4 Å². The van der Waals surface area contributed by atoms with Crippen LogP contribution < -0.4 is 10.5 Å². The molecule has 0 saturated carbocycles. The van der Waals surface area contributed by atoms with Crippen LogP contribution in [0.15, 0.2) is 18.2 Å². The molecule has 1 fully saturated rings. The summed E-state index contributed by atoms with van der Waals surface area (Å²) in [7, 11) is 0. The van der Waals surface area contributed by atoms with E-state index in [4.69, 9.17) is 20.3 Å². The van der Waals surface area contributed by atoms with Crippen LogP contribution in [0.5, 0.6) is 5.75 Å². The monoisotopic (exact) mass is 457 g/mol. The summed E-state index contributed by atoms with van der Waals surface area (Å²) >= 11 is 0. The van der Waals surface area contributed by atoms with Gasteiger partial charge in [-0.2, -0.15) is 0 Å². The van der Waals surface area contributed by atoms with Gasteiger partial charge in [0.25, 0.3) is 0 Å². The lowest BCUT2D eigenvalue weighted by Crippen LogP contribution is -2.41. The number of aromatic nitrogens is 3. The fourth-order valence-electron chi connectivity index (χ4n) is 4.23. The Morgan fingerprint density at radius 1 is 1.27 bits per heavy atom. The summed E-state index contributed by atoms with van der Waals surface area (Å²) in [6.45, 7) is 7.50. The van der Waals surface area contributed by atoms with Gasteiger partial charge >= 0.3 is 6.09 Å². The largest absolute Gasteiger partial charge is 0.490 e. The normalized spacial score (nSPS) is 15.5. The Hall–Kier alpha value is -3.11. The van der Waals surface area contributed by atoms with Crippen molar-refractivity contribution in [2.45, 2.75) is 58.5 Å². The van der Waals surface area contributed by atoms with E-state index in [2.05, 4.69) is 9.97 Å². The van der Waals surface area contributed by atoms with Crippen molar-refractivity contribution >= 4 is 33.8 Å². The summed E-state index contributed by atoms with van der Waals surface area (Å²) in [5.41, 5.74) is 7.37. The lowest BCUT2D eigenvalue weighted by molar-refractivity contribution is 0.0582. The molecule has 4 N–H and O–H groups in total. The number of fused-ring (bicyclic) bond motifs is 3. The van der Waals surface area contributed by atoms with E-state index >= 15 is 0 Å². The van der Waals surface area contributed by atoms with Crippen molar-refractivity contribution < 1.29 is 24.5 Å². The van der Waals surface area contributed by atoms with Gasteiger partial charge in [-0.25, -0.2) is 14.8 Å². The minimum Gasteiger partial charge on any atom is -0.490 e. The van der Waals surface area contributed by atoms with Gasteiger partial charge in [0.15, 0.2) is 5.82 Å². The molecule has 1 aromatic carbocycles. The van der Waals surface area contributed by atoms with E-state index in [0.29, 0.717) is 74.1 Å². The quantitative estimate of drug-likeness (QED) is 0.493. The molecule has 0 aliphatic carbocycles. The van der Waals surface area contributed by atoms with Gasteiger partial charge < -0.3 is 34.9 Å². The van der Waals surface area contributed by atoms with Crippen LogP contribution in [0.1, 0.15) is 39.4 Å². The van der Waals surface area contributed by atoms with E-state index in [1.807, 2.05) is 29.7 Å². The van der Waals surface area contributed by atoms with Crippen molar-refractivity contribution in [3.05, 3.63) is 24.0 Å². The zero-order chi connectivity index (χ0) is 23.8. The molecule has 1 amide bonds. The van der Waals surface area contributed by atoms with Gasteiger partial charge in [0, 0.05) is 44.0 Å². The number of hydrogen-bond acceptors (Lipinski definition) is 7. The third kappa shape index (κ3) is 4.96. The summed E-state index contributed by atoms with van der Waals surface area (Å²) in [5.74, 6) is 1.64. The highest BCUT2D eigenvalue weighted by Gasteiger charge is 2.25. The number of nitrogens with zero attached hydrogens (tertiary/aromatic N) is 4. The molecule has 3 aromatic rings. The van der Waals surface area contributed by atoms with Crippen LogP contribution in [0.25, 0.3) is 21.9 Å². The first-order chi connectivity index (χ1) is 15.7. The molecule has 1 aliphatic heterocycles. The van der Waals surface area contributed by atoms with E-state index in [0.717, 1.165) is 10.9 Å². The lowest BCUT2D eigenvalue weighted by atomic mass is 10.1. The number of benzene rings is 1. The Morgan fingerprint density at radius 2 is 2.00 bits per heavy atom. The van der Waals surface area contributed by atoms with E-state index in [1.54, 1.807) is 13.8 Å². The zero-order valence-electron chi connectivity index (χ0n) is 19.2. The first kappa shape index (κ1) is 23.1. The van der Waals surface area contributed by atoms with Crippen molar-refractivity contribution in [3.63, 3.8) is 0 Å². The van der Waals surface area contributed by atoms with Crippen LogP contribution in [0, 0.1) is 0 Å². The smallest absolute Gasteiger partial charge is 0.407 e. The molecule has 0 bridgehead atoms. The number of rotatable bonds is 7. The minimum absolute atomic E-state index is 0.0577. The average Bonchev–Trinajstić information content (AvgIpc) is 3.10. The summed E-state index contributed by atoms with van der Waals surface area (Å²) in [6, 6.07) is 5.66. The van der Waals surface area contributed by atoms with Crippen LogP contribution in [-0.2, 0) is 17.9 Å². The number of ether oxygens (including phenoxy) is 2. The van der Waals surface area contributed by atoms with Crippen molar-refractivity contribution in [1.82, 2.24) is 19.4 Å². The lowest BCUT2D eigenvalue weighted by Gasteiger charge is -2.30. The number of piperidine rings is 1. The standard InChI is InChI=1S/C23H31N5O5/c1-4-32-12-18-26-19-20(28(18)13-23(2,3)31)16-6-5-15(11-17(16)25-21(19)24)33-14-7-9-27(10-8-14)22(29)30/h5-6,11,14,31H,4,7-10,12-13H2,1-3H3,(H2,24,25)(H,29,30). The van der Waals surface area contributed by atoms with E-state index in [-0.39, 0.29) is 6.10 Å². The second kappa shape index (κ2) is 9.03. The summed E-state index contributed by atoms with van der Waals surface area (Å²) in [5, 5.41) is 20.5. The number of hydrogen-bond donors (Lipinski definition) is 3. The molecule has 1 aliphatic rings. The van der Waals surface area contributed by atoms with Crippen LogP contribution in [0.2, 0.25) is 0 Å². The number of nitrogens with two attached hydrogens (primary N) is 1. The maximum Gasteiger partial charge on any atom is 0.407 e. The second-order valence-corrected chi connectivity index (χ2v) is 9.02. The molecular weight excluding hydrogens is 426 g/mol. The number of carboxylic acid groups (broad SMARTS) is 1. The minimum atomic E-state index is -0.965. The molecular formula is C23H31N5O5. The molecule has 10 heteroatoms. The Labute approximate surface area is 191 Å². The Morgan fingerprint density at radius 3 is 2.64 bits per heavy atom. The Bertz CT molecular complexity index is 1160. The number of imidazole rings is 1. The molecule has 4 rings (SSSR count). The van der Waals surface area contributed by atoms with Gasteiger partial charge in [0.2, 0.25) is 0 Å². The fourth-order valence-corrected chi connectivity index (χ4v) is 4.23. The predicted molar refractivity (Wildman–Crippen MR) is 124 cm³/mol. The van der Waals surface area contributed by atoms with Crippen LogP contribution >= 0.6 is 0 Å². The van der Waals surface area contributed by atoms with E-state index in [9.17, 15) is 9.90 Å². The topological polar surface area (TPSA) is 136 Å². The van der Waals surface area contributed by atoms with Gasteiger partial charge in [-0.3, -0.25) is 0 Å². The first-order valence-corrected chi connectivity index (χ1v) is 11.2. The molecule has 0 atom stereocenters. The third-order valence-corrected chi connectivity index (χ3v) is 5.75. The first-order valence-electron chi connectivity index (χ1n) is 11.2. The SMILES string of the molecule is CCOCc1nc2c(N)nc3cc(OC4CCN(C(=O)O)CC4)ccc3c2n1CC(C)(C)O. The number of carbonyl (C=O) groups is 1.